The molecule has 0 aliphatic carbocycles. The molecule has 0 radical (unpaired) electrons. The summed E-state index contributed by atoms with van der Waals surface area (Å²) in [6.45, 7) is -0.123. The van der Waals surface area contributed by atoms with Gasteiger partial charge in [0, 0.05) is 18.2 Å². The Hall–Kier alpha value is -3.00. The van der Waals surface area contributed by atoms with Crippen LogP contribution in [0.3, 0.4) is 0 Å². The van der Waals surface area contributed by atoms with Crippen LogP contribution in [0.2, 0.25) is 0 Å². The van der Waals surface area contributed by atoms with Gasteiger partial charge in [-0.05, 0) is 20.8 Å². The molecule has 0 amide bonds. The molecule has 0 unspecified atom stereocenters. The number of ether oxygens (including phenoxy) is 3. The molecule has 0 aromatic carbocycles. The van der Waals surface area contributed by atoms with Gasteiger partial charge in [0.2, 0.25) is 0 Å². The fourth-order valence-corrected chi connectivity index (χ4v) is 1.43. The Labute approximate surface area is 167 Å². The maximum absolute atomic E-state index is 12.3. The number of halogens is 9. The molecule has 0 aromatic heterocycles. The van der Waals surface area contributed by atoms with Crippen LogP contribution in [0.25, 0.3) is 0 Å². The molecule has 0 aromatic rings. The molecule has 0 bridgehead atoms. The van der Waals surface area contributed by atoms with Crippen molar-refractivity contribution in [3.8, 4) is 0 Å². The maximum atomic E-state index is 12.3. The van der Waals surface area contributed by atoms with Crippen molar-refractivity contribution in [3.05, 3.63) is 35.5 Å². The van der Waals surface area contributed by atoms with Gasteiger partial charge in [0.25, 0.3) is 17.3 Å². The molecule has 0 spiro atoms. The predicted molar refractivity (Wildman–Crippen MR) is 81.5 cm³/mol. The maximum Gasteiger partial charge on any atom is 0.454 e. The Balaban J connectivity index is 5.72. The summed E-state index contributed by atoms with van der Waals surface area (Å²) in [5.74, 6) is -9.88. The van der Waals surface area contributed by atoms with Gasteiger partial charge < -0.3 is 14.2 Å². The largest absolute Gasteiger partial charge is 0.454 e. The molecular weight excluding hydrogens is 459 g/mol. The zero-order chi connectivity index (χ0) is 24.8. The fraction of sp³-hybridized carbons (Fsp3) is 0.438. The summed E-state index contributed by atoms with van der Waals surface area (Å²) >= 11 is 0. The van der Waals surface area contributed by atoms with E-state index in [9.17, 15) is 53.9 Å². The highest BCUT2D eigenvalue weighted by Gasteiger charge is 2.39. The standard InChI is InChI=1S/C16H13F9O6/c1-7(4-10(26)14(17,18)19)29-13(30-8(2)5-11(27)15(20,21)22)31-9(3)6-12(28)16(23,24)25/h4-6,13H,1-3H3/b7-4-,8-5-,9-6-. The van der Waals surface area contributed by atoms with Crippen LogP contribution in [0, 0.1) is 0 Å². The van der Waals surface area contributed by atoms with E-state index in [-0.39, 0.29) is 18.2 Å². The summed E-state index contributed by atoms with van der Waals surface area (Å²) in [4.78, 5) is 32.7. The first kappa shape index (κ1) is 28.0. The topological polar surface area (TPSA) is 78.9 Å². The molecule has 0 saturated heterocycles. The van der Waals surface area contributed by atoms with Gasteiger partial charge >= 0.3 is 25.0 Å². The third-order valence-corrected chi connectivity index (χ3v) is 2.69. The number of alkyl halides is 9. The second kappa shape index (κ2) is 10.3. The molecular formula is C16H13F9O6. The minimum absolute atomic E-state index is 0.112. The summed E-state index contributed by atoms with van der Waals surface area (Å²) in [5, 5.41) is 0. The monoisotopic (exact) mass is 472 g/mol. The molecule has 6 nitrogen and oxygen atoms in total. The van der Waals surface area contributed by atoms with E-state index in [1.54, 1.807) is 0 Å². The van der Waals surface area contributed by atoms with Gasteiger partial charge in [0.1, 0.15) is 17.3 Å². The van der Waals surface area contributed by atoms with E-state index in [1.165, 1.54) is 0 Å². The Morgan fingerprint density at radius 2 is 0.742 bits per heavy atom. The van der Waals surface area contributed by atoms with E-state index < -0.39 is 59.6 Å². The van der Waals surface area contributed by atoms with Crippen molar-refractivity contribution in [1.82, 2.24) is 0 Å². The average molecular weight is 472 g/mol. The van der Waals surface area contributed by atoms with Crippen molar-refractivity contribution in [2.45, 2.75) is 45.8 Å². The summed E-state index contributed by atoms with van der Waals surface area (Å²) in [5.41, 5.74) is 0. The minimum Gasteiger partial charge on any atom is -0.428 e. The smallest absolute Gasteiger partial charge is 0.428 e. The van der Waals surface area contributed by atoms with E-state index in [1.807, 2.05) is 0 Å². The lowest BCUT2D eigenvalue weighted by atomic mass is 10.3. The van der Waals surface area contributed by atoms with Gasteiger partial charge in [0.15, 0.2) is 0 Å². The molecule has 0 fully saturated rings. The van der Waals surface area contributed by atoms with Crippen molar-refractivity contribution in [1.29, 1.82) is 0 Å². The highest BCUT2D eigenvalue weighted by atomic mass is 19.4. The fourth-order valence-electron chi connectivity index (χ4n) is 1.43. The lowest BCUT2D eigenvalue weighted by Gasteiger charge is -2.22. The first-order valence-electron chi connectivity index (χ1n) is 7.61. The molecule has 176 valence electrons. The number of hydrogen-bond donors (Lipinski definition) is 0. The summed E-state index contributed by atoms with van der Waals surface area (Å²) in [7, 11) is 0. The zero-order valence-corrected chi connectivity index (χ0v) is 15.7. The number of rotatable bonds is 9. The summed E-state index contributed by atoms with van der Waals surface area (Å²) in [6, 6.07) is 0. The van der Waals surface area contributed by atoms with E-state index in [0.29, 0.717) is 0 Å². The molecule has 0 rings (SSSR count). The third-order valence-electron chi connectivity index (χ3n) is 2.69. The molecule has 0 N–H and O–H groups in total. The van der Waals surface area contributed by atoms with Crippen molar-refractivity contribution >= 4 is 17.3 Å². The normalized spacial score (nSPS) is 14.4. The number of ketones is 3. The molecule has 0 heterocycles. The number of carbonyl (C=O) groups excluding carboxylic acids is 3. The van der Waals surface area contributed by atoms with Crippen molar-refractivity contribution in [2.24, 2.45) is 0 Å². The lowest BCUT2D eigenvalue weighted by Crippen LogP contribution is -2.25. The van der Waals surface area contributed by atoms with E-state index in [0.717, 1.165) is 20.8 Å². The van der Waals surface area contributed by atoms with Crippen LogP contribution in [0.5, 0.6) is 0 Å². The molecule has 0 aliphatic heterocycles. The Morgan fingerprint density at radius 1 is 0.548 bits per heavy atom. The van der Waals surface area contributed by atoms with Gasteiger partial charge in [0.05, 0.1) is 0 Å². The molecule has 15 heteroatoms. The van der Waals surface area contributed by atoms with Crippen LogP contribution in [0.4, 0.5) is 39.5 Å². The Morgan fingerprint density at radius 3 is 0.903 bits per heavy atom. The predicted octanol–water partition coefficient (Wildman–Crippen LogP) is 4.43. The van der Waals surface area contributed by atoms with Crippen molar-refractivity contribution in [2.75, 3.05) is 0 Å². The summed E-state index contributed by atoms with van der Waals surface area (Å²) in [6.07, 6.45) is -16.3. The van der Waals surface area contributed by atoms with Crippen molar-refractivity contribution in [3.63, 3.8) is 0 Å². The molecule has 0 saturated carbocycles. The third kappa shape index (κ3) is 11.1. The van der Waals surface area contributed by atoms with Crippen LogP contribution in [-0.4, -0.2) is 42.4 Å². The minimum atomic E-state index is -5.31. The van der Waals surface area contributed by atoms with Crippen LogP contribution in [0.15, 0.2) is 35.5 Å². The van der Waals surface area contributed by atoms with Crippen LogP contribution >= 0.6 is 0 Å². The van der Waals surface area contributed by atoms with Gasteiger partial charge in [-0.3, -0.25) is 14.4 Å². The average Bonchev–Trinajstić information content (AvgIpc) is 2.51. The van der Waals surface area contributed by atoms with Crippen molar-refractivity contribution < 1.29 is 68.1 Å². The van der Waals surface area contributed by atoms with Gasteiger partial charge in [-0.15, -0.1) is 0 Å². The van der Waals surface area contributed by atoms with E-state index >= 15 is 0 Å². The number of carbonyl (C=O) groups is 3. The Kier molecular flexibility index (Phi) is 9.35. The zero-order valence-electron chi connectivity index (χ0n) is 15.7. The van der Waals surface area contributed by atoms with Crippen LogP contribution in [0.1, 0.15) is 20.8 Å². The summed E-state index contributed by atoms with van der Waals surface area (Å²) < 4.78 is 124. The van der Waals surface area contributed by atoms with Gasteiger partial charge in [-0.1, -0.05) is 0 Å². The first-order chi connectivity index (χ1) is 13.7. The van der Waals surface area contributed by atoms with Gasteiger partial charge in [-0.2, -0.15) is 39.5 Å². The molecule has 0 aliphatic rings. The number of allylic oxidation sites excluding steroid dienone is 6. The molecule has 31 heavy (non-hydrogen) atoms. The second-order valence-electron chi connectivity index (χ2n) is 5.49. The first-order valence-corrected chi connectivity index (χ1v) is 7.61. The molecule has 0 atom stereocenters. The number of hydrogen-bond acceptors (Lipinski definition) is 6. The lowest BCUT2D eigenvalue weighted by molar-refractivity contribution is -0.235. The highest BCUT2D eigenvalue weighted by molar-refractivity contribution is 5.95. The highest BCUT2D eigenvalue weighted by Crippen LogP contribution is 2.22. The Bertz CT molecular complexity index is 680. The van der Waals surface area contributed by atoms with E-state index in [2.05, 4.69) is 14.2 Å². The quantitative estimate of drug-likeness (QED) is 0.214. The van der Waals surface area contributed by atoms with Crippen LogP contribution < -0.4 is 0 Å². The van der Waals surface area contributed by atoms with Gasteiger partial charge in [-0.25, -0.2) is 0 Å². The van der Waals surface area contributed by atoms with Crippen LogP contribution in [-0.2, 0) is 28.6 Å². The SMILES string of the molecule is C/C(=C/C(=O)C(F)(F)F)OC(O/C(C)=C\C(=O)C(F)(F)F)O/C(C)=C\C(=O)C(F)(F)F. The van der Waals surface area contributed by atoms with E-state index in [4.69, 9.17) is 0 Å². The second-order valence-corrected chi connectivity index (χ2v) is 5.49.